The van der Waals surface area contributed by atoms with Gasteiger partial charge in [0.15, 0.2) is 0 Å². The maximum absolute atomic E-state index is 13.6. The third-order valence-electron chi connectivity index (χ3n) is 5.98. The molecule has 1 fully saturated rings. The lowest BCUT2D eigenvalue weighted by molar-refractivity contribution is -0.140. The first-order valence-electron chi connectivity index (χ1n) is 11.6. The van der Waals surface area contributed by atoms with Gasteiger partial charge in [-0.25, -0.2) is 4.79 Å². The van der Waals surface area contributed by atoms with E-state index in [1.165, 1.54) is 4.90 Å². The highest BCUT2D eigenvalue weighted by molar-refractivity contribution is 6.36. The fraction of sp³-hybridized carbons (Fsp3) is 0.346. The van der Waals surface area contributed by atoms with Gasteiger partial charge in [0.2, 0.25) is 0 Å². The molecule has 0 atom stereocenters. The maximum atomic E-state index is 13.6. The number of rotatable bonds is 7. The zero-order valence-electron chi connectivity index (χ0n) is 19.5. The number of para-hydroxylation sites is 2. The molecular weight excluding hydrogens is 434 g/mol. The van der Waals surface area contributed by atoms with Gasteiger partial charge in [0.05, 0.1) is 24.5 Å². The summed E-state index contributed by atoms with van der Waals surface area (Å²) in [6, 6.07) is 16.2. The van der Waals surface area contributed by atoms with Gasteiger partial charge in [-0.2, -0.15) is 0 Å². The number of piperidine rings is 1. The van der Waals surface area contributed by atoms with Crippen LogP contribution in [-0.2, 0) is 14.3 Å². The normalized spacial score (nSPS) is 16.8. The van der Waals surface area contributed by atoms with Crippen LogP contribution in [0.4, 0.5) is 10.5 Å². The Balaban J connectivity index is 1.63. The Kier molecular flexibility index (Phi) is 7.15. The number of imide groups is 1. The number of ether oxygens (including phenoxy) is 2. The highest BCUT2D eigenvalue weighted by Crippen LogP contribution is 2.35. The number of likely N-dealkylation sites (tertiary alicyclic amines) is 1. The molecule has 0 bridgehead atoms. The first-order valence-corrected chi connectivity index (χ1v) is 11.6. The first kappa shape index (κ1) is 23.4. The molecule has 2 aliphatic rings. The standard InChI is InChI=1S/C26H29N3O5/c1-3-33-21-13-9-8-12-20(21)27-23-22(18-10-6-5-7-11-18)24(30)29(25(23)31)19-14-16-28(17-15-19)26(32)34-4-2/h5-13,19,27H,3-4,14-17H2,1-2H3. The van der Waals surface area contributed by atoms with Crippen LogP contribution in [0.3, 0.4) is 0 Å². The highest BCUT2D eigenvalue weighted by Gasteiger charge is 2.44. The molecule has 2 heterocycles. The monoisotopic (exact) mass is 463 g/mol. The highest BCUT2D eigenvalue weighted by atomic mass is 16.6. The average molecular weight is 464 g/mol. The molecular formula is C26H29N3O5. The van der Waals surface area contributed by atoms with Gasteiger partial charge in [0.1, 0.15) is 11.4 Å². The van der Waals surface area contributed by atoms with Crippen molar-refractivity contribution in [3.8, 4) is 5.75 Å². The molecule has 8 heteroatoms. The van der Waals surface area contributed by atoms with Crippen molar-refractivity contribution in [2.45, 2.75) is 32.7 Å². The Morgan fingerprint density at radius 1 is 0.941 bits per heavy atom. The van der Waals surface area contributed by atoms with Crippen LogP contribution in [0.25, 0.3) is 5.57 Å². The largest absolute Gasteiger partial charge is 0.492 e. The molecule has 1 saturated heterocycles. The number of carbonyl (C=O) groups excluding carboxylic acids is 3. The summed E-state index contributed by atoms with van der Waals surface area (Å²) in [5.41, 5.74) is 1.86. The van der Waals surface area contributed by atoms with Gasteiger partial charge >= 0.3 is 6.09 Å². The van der Waals surface area contributed by atoms with Crippen LogP contribution in [0.1, 0.15) is 32.3 Å². The van der Waals surface area contributed by atoms with E-state index in [4.69, 9.17) is 9.47 Å². The van der Waals surface area contributed by atoms with Crippen molar-refractivity contribution >= 4 is 29.2 Å². The zero-order chi connectivity index (χ0) is 24.1. The third kappa shape index (κ3) is 4.62. The van der Waals surface area contributed by atoms with Gasteiger partial charge in [-0.1, -0.05) is 42.5 Å². The van der Waals surface area contributed by atoms with E-state index in [-0.39, 0.29) is 29.6 Å². The number of nitrogens with one attached hydrogen (secondary N) is 1. The summed E-state index contributed by atoms with van der Waals surface area (Å²) >= 11 is 0. The molecule has 0 saturated carbocycles. The number of hydrogen-bond donors (Lipinski definition) is 1. The van der Waals surface area contributed by atoms with E-state index in [0.29, 0.717) is 61.7 Å². The molecule has 0 unspecified atom stereocenters. The molecule has 0 spiro atoms. The van der Waals surface area contributed by atoms with Crippen LogP contribution >= 0.6 is 0 Å². The molecule has 178 valence electrons. The summed E-state index contributed by atoms with van der Waals surface area (Å²) in [5, 5.41) is 3.19. The fourth-order valence-electron chi connectivity index (χ4n) is 4.37. The number of carbonyl (C=O) groups is 3. The molecule has 4 rings (SSSR count). The van der Waals surface area contributed by atoms with Gasteiger partial charge in [0, 0.05) is 19.1 Å². The molecule has 2 aromatic rings. The van der Waals surface area contributed by atoms with Crippen LogP contribution in [0.15, 0.2) is 60.3 Å². The van der Waals surface area contributed by atoms with Crippen molar-refractivity contribution in [2.75, 3.05) is 31.6 Å². The second kappa shape index (κ2) is 10.4. The minimum atomic E-state index is -0.371. The molecule has 3 amide bonds. The van der Waals surface area contributed by atoms with E-state index < -0.39 is 0 Å². The van der Waals surface area contributed by atoms with E-state index in [0.717, 1.165) is 0 Å². The lowest BCUT2D eigenvalue weighted by Gasteiger charge is -2.35. The second-order valence-corrected chi connectivity index (χ2v) is 8.07. The fourth-order valence-corrected chi connectivity index (χ4v) is 4.37. The Hall–Kier alpha value is -3.81. The van der Waals surface area contributed by atoms with E-state index >= 15 is 0 Å². The van der Waals surface area contributed by atoms with Crippen molar-refractivity contribution in [1.29, 1.82) is 0 Å². The first-order chi connectivity index (χ1) is 16.5. The predicted octanol–water partition coefficient (Wildman–Crippen LogP) is 3.90. The SMILES string of the molecule is CCOC(=O)N1CCC(N2C(=O)C(Nc3ccccc3OCC)=C(c3ccccc3)C2=O)CC1. The number of amides is 3. The van der Waals surface area contributed by atoms with E-state index in [1.54, 1.807) is 11.8 Å². The quantitative estimate of drug-likeness (QED) is 0.627. The second-order valence-electron chi connectivity index (χ2n) is 8.07. The smallest absolute Gasteiger partial charge is 0.409 e. The van der Waals surface area contributed by atoms with Crippen LogP contribution in [-0.4, -0.2) is 60.1 Å². The number of anilines is 1. The maximum Gasteiger partial charge on any atom is 0.409 e. The summed E-state index contributed by atoms with van der Waals surface area (Å²) in [6.45, 7) is 5.29. The van der Waals surface area contributed by atoms with E-state index in [1.807, 2.05) is 61.5 Å². The van der Waals surface area contributed by atoms with Crippen LogP contribution in [0, 0.1) is 0 Å². The van der Waals surface area contributed by atoms with Gasteiger partial charge in [-0.3, -0.25) is 14.5 Å². The van der Waals surface area contributed by atoms with Crippen molar-refractivity contribution < 1.29 is 23.9 Å². The Bertz CT molecular complexity index is 1090. The van der Waals surface area contributed by atoms with Crippen molar-refractivity contribution in [3.63, 3.8) is 0 Å². The minimum absolute atomic E-state index is 0.233. The third-order valence-corrected chi connectivity index (χ3v) is 5.98. The Morgan fingerprint density at radius 3 is 2.29 bits per heavy atom. The molecule has 34 heavy (non-hydrogen) atoms. The molecule has 8 nitrogen and oxygen atoms in total. The summed E-state index contributed by atoms with van der Waals surface area (Å²) < 4.78 is 10.8. The summed E-state index contributed by atoms with van der Waals surface area (Å²) in [6.07, 6.45) is 0.639. The van der Waals surface area contributed by atoms with Crippen LogP contribution in [0.5, 0.6) is 5.75 Å². The number of nitrogens with zero attached hydrogens (tertiary/aromatic N) is 2. The number of hydrogen-bond acceptors (Lipinski definition) is 6. The van der Waals surface area contributed by atoms with Gasteiger partial charge in [-0.05, 0) is 44.4 Å². The summed E-state index contributed by atoms with van der Waals surface area (Å²) in [4.78, 5) is 42.3. The average Bonchev–Trinajstić information content (AvgIpc) is 3.10. The number of benzene rings is 2. The summed E-state index contributed by atoms with van der Waals surface area (Å²) in [7, 11) is 0. The molecule has 2 aromatic carbocycles. The van der Waals surface area contributed by atoms with Gasteiger partial charge < -0.3 is 19.7 Å². The van der Waals surface area contributed by atoms with Crippen molar-refractivity contribution in [3.05, 3.63) is 65.9 Å². The lowest BCUT2D eigenvalue weighted by Crippen LogP contribution is -2.49. The predicted molar refractivity (Wildman–Crippen MR) is 128 cm³/mol. The van der Waals surface area contributed by atoms with E-state index in [2.05, 4.69) is 5.32 Å². The van der Waals surface area contributed by atoms with Gasteiger partial charge in [0.25, 0.3) is 11.8 Å². The topological polar surface area (TPSA) is 88.2 Å². The van der Waals surface area contributed by atoms with Crippen LogP contribution in [0.2, 0.25) is 0 Å². The van der Waals surface area contributed by atoms with Gasteiger partial charge in [-0.15, -0.1) is 0 Å². The van der Waals surface area contributed by atoms with E-state index in [9.17, 15) is 14.4 Å². The van der Waals surface area contributed by atoms with Crippen LogP contribution < -0.4 is 10.1 Å². The zero-order valence-corrected chi connectivity index (χ0v) is 19.5. The molecule has 2 aliphatic heterocycles. The minimum Gasteiger partial charge on any atom is -0.492 e. The summed E-state index contributed by atoms with van der Waals surface area (Å²) in [5.74, 6) is -0.0988. The Morgan fingerprint density at radius 2 is 1.62 bits per heavy atom. The molecule has 0 aromatic heterocycles. The molecule has 0 aliphatic carbocycles. The van der Waals surface area contributed by atoms with Crippen molar-refractivity contribution in [2.24, 2.45) is 0 Å². The lowest BCUT2D eigenvalue weighted by atomic mass is 10.0. The molecule has 0 radical (unpaired) electrons. The van der Waals surface area contributed by atoms with Crippen molar-refractivity contribution in [1.82, 2.24) is 9.80 Å². The Labute approximate surface area is 199 Å². The molecule has 1 N–H and O–H groups in total.